The van der Waals surface area contributed by atoms with Crippen LogP contribution < -0.4 is 9.62 Å². The largest absolute Gasteiger partial charge is 0.354 e. The van der Waals surface area contributed by atoms with Crippen molar-refractivity contribution in [3.8, 4) is 0 Å². The summed E-state index contributed by atoms with van der Waals surface area (Å²) in [5.41, 5.74) is 2.71. The lowest BCUT2D eigenvalue weighted by Gasteiger charge is -2.34. The molecule has 0 saturated heterocycles. The number of anilines is 1. The van der Waals surface area contributed by atoms with Gasteiger partial charge >= 0.3 is 0 Å². The molecule has 0 unspecified atom stereocenters. The highest BCUT2D eigenvalue weighted by atomic mass is 35.5. The molecule has 0 fully saturated rings. The Morgan fingerprint density at radius 3 is 2.07 bits per heavy atom. The average Bonchev–Trinajstić information content (AvgIpc) is 3.02. The Morgan fingerprint density at radius 1 is 0.844 bits per heavy atom. The van der Waals surface area contributed by atoms with E-state index in [1.165, 1.54) is 17.0 Å². The van der Waals surface area contributed by atoms with Crippen molar-refractivity contribution >= 4 is 39.1 Å². The van der Waals surface area contributed by atoms with Gasteiger partial charge in [-0.25, -0.2) is 12.8 Å². The van der Waals surface area contributed by atoms with E-state index in [1.54, 1.807) is 48.5 Å². The van der Waals surface area contributed by atoms with Gasteiger partial charge in [0, 0.05) is 24.5 Å². The first-order chi connectivity index (χ1) is 21.4. The Kier molecular flexibility index (Phi) is 11.4. The van der Waals surface area contributed by atoms with Gasteiger partial charge in [0.25, 0.3) is 10.0 Å². The van der Waals surface area contributed by atoms with Crippen LogP contribution in [0.15, 0.2) is 108 Å². The number of hydrogen-bond acceptors (Lipinski definition) is 4. The molecule has 0 aliphatic rings. The fourth-order valence-corrected chi connectivity index (χ4v) is 6.28. The predicted octanol–water partition coefficient (Wildman–Crippen LogP) is 6.40. The zero-order valence-corrected chi connectivity index (χ0v) is 27.1. The van der Waals surface area contributed by atoms with E-state index in [4.69, 9.17) is 11.6 Å². The van der Waals surface area contributed by atoms with Gasteiger partial charge in [-0.2, -0.15) is 0 Å². The number of sulfonamides is 1. The monoisotopic (exact) mass is 649 g/mol. The van der Waals surface area contributed by atoms with Gasteiger partial charge in [0.1, 0.15) is 18.4 Å². The second kappa shape index (κ2) is 15.2. The average molecular weight is 650 g/mol. The van der Waals surface area contributed by atoms with Crippen LogP contribution in [0, 0.1) is 18.7 Å². The smallest absolute Gasteiger partial charge is 0.264 e. The summed E-state index contributed by atoms with van der Waals surface area (Å²) >= 11 is 6.13. The Hall–Kier alpha value is -4.21. The lowest BCUT2D eigenvalue weighted by Crippen LogP contribution is -2.53. The van der Waals surface area contributed by atoms with Gasteiger partial charge < -0.3 is 10.2 Å². The highest BCUT2D eigenvalue weighted by molar-refractivity contribution is 7.92. The SMILES string of the molecule is Cc1ccc(N(CC(=O)N(Cc2ccc(Cl)cc2)[C@H](Cc2ccccc2)C(=O)NCC(C)C)S(=O)(=O)c2ccc(F)cc2)cc1. The van der Waals surface area contributed by atoms with Gasteiger partial charge in [-0.1, -0.05) is 85.6 Å². The lowest BCUT2D eigenvalue weighted by atomic mass is 10.0. The van der Waals surface area contributed by atoms with Gasteiger partial charge in [0.05, 0.1) is 10.6 Å². The summed E-state index contributed by atoms with van der Waals surface area (Å²) in [7, 11) is -4.32. The number of benzene rings is 4. The fraction of sp³-hybridized carbons (Fsp3) is 0.257. The summed E-state index contributed by atoms with van der Waals surface area (Å²) in [6.45, 7) is 5.65. The Morgan fingerprint density at radius 2 is 1.47 bits per heavy atom. The van der Waals surface area contributed by atoms with E-state index in [0.717, 1.165) is 27.6 Å². The van der Waals surface area contributed by atoms with Crippen molar-refractivity contribution < 1.29 is 22.4 Å². The number of carbonyl (C=O) groups excluding carboxylic acids is 2. The standard InChI is InChI=1S/C35H37ClFN3O4S/c1-25(2)22-38-35(42)33(21-27-7-5-4-6-8-27)39(23-28-11-13-29(36)14-12-28)34(41)24-40(31-17-9-26(3)10-18-31)45(43,44)32-19-15-30(37)16-20-32/h4-20,25,33H,21-24H2,1-3H3,(H,38,42)/t33-/m1/s1. The summed E-state index contributed by atoms with van der Waals surface area (Å²) in [5.74, 6) is -1.35. The maximum absolute atomic E-state index is 14.4. The number of nitrogens with one attached hydrogen (secondary N) is 1. The van der Waals surface area contributed by atoms with Crippen LogP contribution in [0.4, 0.5) is 10.1 Å². The minimum Gasteiger partial charge on any atom is -0.354 e. The summed E-state index contributed by atoms with van der Waals surface area (Å²) in [6.07, 6.45) is 0.208. The third kappa shape index (κ3) is 9.15. The molecule has 0 aliphatic carbocycles. The molecular formula is C35H37ClFN3O4S. The van der Waals surface area contributed by atoms with Crippen molar-refractivity contribution in [1.29, 1.82) is 0 Å². The molecule has 0 heterocycles. The first kappa shape index (κ1) is 33.7. The maximum atomic E-state index is 14.4. The molecule has 10 heteroatoms. The molecule has 0 saturated carbocycles. The molecule has 4 aromatic rings. The lowest BCUT2D eigenvalue weighted by molar-refractivity contribution is -0.140. The van der Waals surface area contributed by atoms with Crippen molar-refractivity contribution in [1.82, 2.24) is 10.2 Å². The molecule has 4 aromatic carbocycles. The molecule has 0 aliphatic heterocycles. The van der Waals surface area contributed by atoms with Crippen LogP contribution in [-0.4, -0.2) is 44.3 Å². The number of rotatable bonds is 13. The normalized spacial score (nSPS) is 12.0. The summed E-state index contributed by atoms with van der Waals surface area (Å²) in [5, 5.41) is 3.48. The number of hydrogen-bond donors (Lipinski definition) is 1. The number of halogens is 2. The molecule has 1 N–H and O–H groups in total. The molecule has 2 amide bonds. The van der Waals surface area contributed by atoms with Crippen molar-refractivity contribution in [3.05, 3.63) is 131 Å². The number of nitrogens with zero attached hydrogens (tertiary/aromatic N) is 2. The fourth-order valence-electron chi connectivity index (χ4n) is 4.74. The predicted molar refractivity (Wildman–Crippen MR) is 176 cm³/mol. The van der Waals surface area contributed by atoms with Crippen LogP contribution >= 0.6 is 11.6 Å². The van der Waals surface area contributed by atoms with E-state index in [2.05, 4.69) is 5.32 Å². The van der Waals surface area contributed by atoms with Gasteiger partial charge in [-0.05, 0) is 72.5 Å². The zero-order valence-electron chi connectivity index (χ0n) is 25.5. The molecular weight excluding hydrogens is 613 g/mol. The van der Waals surface area contributed by atoms with E-state index >= 15 is 0 Å². The van der Waals surface area contributed by atoms with E-state index in [9.17, 15) is 22.4 Å². The van der Waals surface area contributed by atoms with Gasteiger partial charge in [-0.15, -0.1) is 0 Å². The van der Waals surface area contributed by atoms with E-state index in [-0.39, 0.29) is 35.4 Å². The molecule has 0 bridgehead atoms. The Labute approximate surface area is 269 Å². The minimum atomic E-state index is -4.32. The molecule has 4 rings (SSSR count). The molecule has 0 spiro atoms. The van der Waals surface area contributed by atoms with Gasteiger partial charge in [0.15, 0.2) is 0 Å². The number of amides is 2. The summed E-state index contributed by atoms with van der Waals surface area (Å²) in [4.78, 5) is 29.5. The second-order valence-corrected chi connectivity index (χ2v) is 13.6. The van der Waals surface area contributed by atoms with Crippen LogP contribution in [0.25, 0.3) is 0 Å². The van der Waals surface area contributed by atoms with Gasteiger partial charge in [0.2, 0.25) is 11.8 Å². The van der Waals surface area contributed by atoms with Crippen LogP contribution in [0.1, 0.15) is 30.5 Å². The van der Waals surface area contributed by atoms with E-state index < -0.39 is 34.3 Å². The Balaban J connectivity index is 1.79. The van der Waals surface area contributed by atoms with Crippen molar-refractivity contribution in [2.75, 3.05) is 17.4 Å². The second-order valence-electron chi connectivity index (χ2n) is 11.3. The van der Waals surface area contributed by atoms with Crippen molar-refractivity contribution in [3.63, 3.8) is 0 Å². The minimum absolute atomic E-state index is 0.0287. The highest BCUT2D eigenvalue weighted by Crippen LogP contribution is 2.26. The van der Waals surface area contributed by atoms with E-state index in [0.29, 0.717) is 17.1 Å². The first-order valence-corrected chi connectivity index (χ1v) is 16.5. The Bertz CT molecular complexity index is 1680. The van der Waals surface area contributed by atoms with Crippen LogP contribution in [-0.2, 0) is 32.6 Å². The van der Waals surface area contributed by atoms with Crippen molar-refractivity contribution in [2.24, 2.45) is 5.92 Å². The third-order valence-corrected chi connectivity index (χ3v) is 9.26. The molecule has 1 atom stereocenters. The quantitative estimate of drug-likeness (QED) is 0.182. The van der Waals surface area contributed by atoms with Crippen LogP contribution in [0.5, 0.6) is 0 Å². The molecule has 0 aromatic heterocycles. The first-order valence-electron chi connectivity index (χ1n) is 14.6. The van der Waals surface area contributed by atoms with Crippen molar-refractivity contribution in [2.45, 2.75) is 44.7 Å². The molecule has 7 nitrogen and oxygen atoms in total. The molecule has 45 heavy (non-hydrogen) atoms. The van der Waals surface area contributed by atoms with Crippen LogP contribution in [0.2, 0.25) is 5.02 Å². The highest BCUT2D eigenvalue weighted by Gasteiger charge is 2.34. The van der Waals surface area contributed by atoms with Crippen LogP contribution in [0.3, 0.4) is 0 Å². The topological polar surface area (TPSA) is 86.8 Å². The maximum Gasteiger partial charge on any atom is 0.264 e. The zero-order chi connectivity index (χ0) is 32.6. The van der Waals surface area contributed by atoms with Gasteiger partial charge in [-0.3, -0.25) is 13.9 Å². The van der Waals surface area contributed by atoms with E-state index in [1.807, 2.05) is 51.1 Å². The summed E-state index contributed by atoms with van der Waals surface area (Å²) in [6, 6.07) is 26.5. The third-order valence-electron chi connectivity index (χ3n) is 7.22. The molecule has 0 radical (unpaired) electrons. The summed E-state index contributed by atoms with van der Waals surface area (Å²) < 4.78 is 42.7. The number of aryl methyl sites for hydroxylation is 1. The molecule has 236 valence electrons. The number of carbonyl (C=O) groups is 2.